The maximum atomic E-state index is 12.1. The summed E-state index contributed by atoms with van der Waals surface area (Å²) in [4.78, 5) is 70.7. The molecule has 0 aromatic heterocycles. The highest BCUT2D eigenvalue weighted by Crippen LogP contribution is 2.14. The van der Waals surface area contributed by atoms with E-state index in [0.29, 0.717) is 38.2 Å². The lowest BCUT2D eigenvalue weighted by Gasteiger charge is -2.28. The molecule has 12 nitrogen and oxygen atoms in total. The van der Waals surface area contributed by atoms with E-state index in [-0.39, 0.29) is 50.3 Å². The number of amides is 5. The van der Waals surface area contributed by atoms with Crippen LogP contribution in [0.25, 0.3) is 0 Å². The molecule has 214 valence electrons. The lowest BCUT2D eigenvalue weighted by molar-refractivity contribution is -0.152. The van der Waals surface area contributed by atoms with Crippen molar-refractivity contribution in [2.24, 2.45) is 5.92 Å². The number of hydrogen-bond donors (Lipinski definition) is 3. The normalized spacial score (nSPS) is 13.2. The van der Waals surface area contributed by atoms with E-state index in [1.54, 1.807) is 24.3 Å². The van der Waals surface area contributed by atoms with Crippen LogP contribution in [0.15, 0.2) is 24.3 Å². The maximum absolute atomic E-state index is 12.1. The number of carbonyl (C=O) groups is 6. The lowest BCUT2D eigenvalue weighted by atomic mass is 10.1. The third-order valence-electron chi connectivity index (χ3n) is 5.89. The van der Waals surface area contributed by atoms with Gasteiger partial charge in [-0.25, -0.2) is 4.79 Å². The van der Waals surface area contributed by atoms with Gasteiger partial charge in [-0.1, -0.05) is 25.5 Å². The number of nitrogens with one attached hydrogen (secondary N) is 3. The van der Waals surface area contributed by atoms with Crippen molar-refractivity contribution in [1.29, 1.82) is 0 Å². The van der Waals surface area contributed by atoms with Crippen LogP contribution >= 0.6 is 0 Å². The molecule has 1 unspecified atom stereocenters. The van der Waals surface area contributed by atoms with Crippen LogP contribution in [-0.4, -0.2) is 80.4 Å². The highest BCUT2D eigenvalue weighted by Gasteiger charge is 2.29. The van der Waals surface area contributed by atoms with Crippen molar-refractivity contribution in [2.75, 3.05) is 44.8 Å². The van der Waals surface area contributed by atoms with Crippen LogP contribution in [0, 0.1) is 5.92 Å². The van der Waals surface area contributed by atoms with Gasteiger partial charge in [0.25, 0.3) is 0 Å². The molecule has 1 saturated heterocycles. The zero-order valence-corrected chi connectivity index (χ0v) is 22.4. The van der Waals surface area contributed by atoms with E-state index in [1.165, 1.54) is 4.90 Å². The van der Waals surface area contributed by atoms with Gasteiger partial charge in [0.15, 0.2) is 0 Å². The Kier molecular flexibility index (Phi) is 14.2. The van der Waals surface area contributed by atoms with Crippen LogP contribution in [0.5, 0.6) is 0 Å². The molecule has 3 N–H and O–H groups in total. The molecule has 0 saturated carbocycles. The van der Waals surface area contributed by atoms with Crippen LogP contribution < -0.4 is 16.0 Å². The van der Waals surface area contributed by atoms with Crippen LogP contribution in [-0.2, 0) is 39.9 Å². The number of unbranched alkanes of at least 4 members (excludes halogenated alkanes) is 1. The summed E-state index contributed by atoms with van der Waals surface area (Å²) >= 11 is 0. The predicted octanol–water partition coefficient (Wildman–Crippen LogP) is 1.57. The Morgan fingerprint density at radius 3 is 2.41 bits per heavy atom. The van der Waals surface area contributed by atoms with Crippen LogP contribution in [0.4, 0.5) is 10.5 Å². The maximum Gasteiger partial charge on any atom is 0.407 e. The van der Waals surface area contributed by atoms with Gasteiger partial charge in [-0.15, -0.1) is 0 Å². The Hall–Kier alpha value is -3.80. The Labute approximate surface area is 228 Å². The zero-order valence-electron chi connectivity index (χ0n) is 22.4. The van der Waals surface area contributed by atoms with Crippen molar-refractivity contribution in [3.05, 3.63) is 29.8 Å². The number of benzene rings is 1. The minimum absolute atomic E-state index is 0.0373. The molecule has 1 aliphatic rings. The summed E-state index contributed by atoms with van der Waals surface area (Å²) in [5, 5.41) is 7.88. The third-order valence-corrected chi connectivity index (χ3v) is 5.89. The number of β-lactam (4-membered cyclic amide) rings is 1. The van der Waals surface area contributed by atoms with E-state index in [1.807, 2.05) is 6.92 Å². The highest BCUT2D eigenvalue weighted by atomic mass is 16.5. The second-order valence-electron chi connectivity index (χ2n) is 9.28. The summed E-state index contributed by atoms with van der Waals surface area (Å²) in [6.07, 6.45) is 3.54. The molecular formula is C27H38N4O8. The number of alkyl carbamates (subject to hydrolysis) is 1. The van der Waals surface area contributed by atoms with Gasteiger partial charge < -0.3 is 30.2 Å². The van der Waals surface area contributed by atoms with Crippen molar-refractivity contribution in [1.82, 2.24) is 15.5 Å². The zero-order chi connectivity index (χ0) is 28.5. The first-order valence-electron chi connectivity index (χ1n) is 13.2. The summed E-state index contributed by atoms with van der Waals surface area (Å²) in [6, 6.07) is 6.64. The number of carbonyl (C=O) groups excluding carboxylic acids is 6. The fourth-order valence-electron chi connectivity index (χ4n) is 3.56. The van der Waals surface area contributed by atoms with Gasteiger partial charge in [0.2, 0.25) is 23.6 Å². The summed E-state index contributed by atoms with van der Waals surface area (Å²) in [5.41, 5.74) is 1.21. The van der Waals surface area contributed by atoms with Crippen LogP contribution in [0.3, 0.4) is 0 Å². The minimum atomic E-state index is -0.491. The number of imide groups is 1. The van der Waals surface area contributed by atoms with Crippen molar-refractivity contribution in [3.63, 3.8) is 0 Å². The van der Waals surface area contributed by atoms with Crippen molar-refractivity contribution in [3.8, 4) is 0 Å². The van der Waals surface area contributed by atoms with Crippen molar-refractivity contribution < 1.29 is 38.2 Å². The number of ether oxygens (including phenoxy) is 2. The molecule has 1 aromatic rings. The van der Waals surface area contributed by atoms with Gasteiger partial charge in [-0.05, 0) is 30.5 Å². The monoisotopic (exact) mass is 546 g/mol. The van der Waals surface area contributed by atoms with Gasteiger partial charge in [0, 0.05) is 50.7 Å². The molecule has 39 heavy (non-hydrogen) atoms. The summed E-state index contributed by atoms with van der Waals surface area (Å²) in [5.74, 6) is -1.29. The number of hydrogen-bond acceptors (Lipinski definition) is 8. The van der Waals surface area contributed by atoms with E-state index in [4.69, 9.17) is 9.47 Å². The minimum Gasteiger partial charge on any atom is -0.449 e. The Morgan fingerprint density at radius 1 is 0.974 bits per heavy atom. The standard InChI is InChI=1S/C27H38N4O8/c1-20(19-32)5-2-3-11-29-27(37)39-15-4-14-38-16-12-28-23(33)18-24(34)30-22-8-6-21(7-9-22)17-26(36)31-13-10-25(31)35/h6-9,19-20H,2-5,10-18H2,1H3,(H,28,33)(H,29,37)(H,30,34). The van der Waals surface area contributed by atoms with Gasteiger partial charge >= 0.3 is 6.09 Å². The molecule has 5 amide bonds. The number of anilines is 1. The summed E-state index contributed by atoms with van der Waals surface area (Å²) in [7, 11) is 0. The fraction of sp³-hybridized carbons (Fsp3) is 0.556. The van der Waals surface area contributed by atoms with E-state index in [2.05, 4.69) is 16.0 Å². The molecule has 0 radical (unpaired) electrons. The number of aldehydes is 1. The first kappa shape index (κ1) is 31.4. The lowest BCUT2D eigenvalue weighted by Crippen LogP contribution is -2.48. The summed E-state index contributed by atoms with van der Waals surface area (Å²) in [6.45, 7) is 3.86. The van der Waals surface area contributed by atoms with E-state index in [9.17, 15) is 28.8 Å². The molecule has 2 rings (SSSR count). The predicted molar refractivity (Wildman–Crippen MR) is 142 cm³/mol. The number of likely N-dealkylation sites (tertiary alicyclic amines) is 1. The molecule has 1 aromatic carbocycles. The molecule has 0 aliphatic carbocycles. The molecule has 1 aliphatic heterocycles. The largest absolute Gasteiger partial charge is 0.449 e. The highest BCUT2D eigenvalue weighted by molar-refractivity contribution is 6.03. The van der Waals surface area contributed by atoms with Crippen molar-refractivity contribution in [2.45, 2.75) is 51.9 Å². The molecular weight excluding hydrogens is 508 g/mol. The smallest absolute Gasteiger partial charge is 0.407 e. The van der Waals surface area contributed by atoms with Gasteiger partial charge in [-0.3, -0.25) is 24.1 Å². The second kappa shape index (κ2) is 17.7. The van der Waals surface area contributed by atoms with Crippen LogP contribution in [0.1, 0.15) is 51.0 Å². The van der Waals surface area contributed by atoms with E-state index < -0.39 is 17.9 Å². The topological polar surface area (TPSA) is 160 Å². The average Bonchev–Trinajstić information content (AvgIpc) is 2.89. The molecule has 0 bridgehead atoms. The molecule has 1 fully saturated rings. The number of rotatable bonds is 18. The summed E-state index contributed by atoms with van der Waals surface area (Å²) < 4.78 is 10.4. The second-order valence-corrected chi connectivity index (χ2v) is 9.28. The Balaban J connectivity index is 1.45. The van der Waals surface area contributed by atoms with Gasteiger partial charge in [0.1, 0.15) is 12.7 Å². The van der Waals surface area contributed by atoms with Gasteiger partial charge in [0.05, 0.1) is 19.6 Å². The Morgan fingerprint density at radius 2 is 1.74 bits per heavy atom. The molecule has 12 heteroatoms. The first-order chi connectivity index (χ1) is 18.8. The van der Waals surface area contributed by atoms with Crippen molar-refractivity contribution >= 4 is 41.7 Å². The van der Waals surface area contributed by atoms with Gasteiger partial charge in [-0.2, -0.15) is 0 Å². The fourth-order valence-corrected chi connectivity index (χ4v) is 3.56. The van der Waals surface area contributed by atoms with Crippen LogP contribution in [0.2, 0.25) is 0 Å². The molecule has 1 atom stereocenters. The Bertz CT molecular complexity index is 983. The van der Waals surface area contributed by atoms with E-state index in [0.717, 1.165) is 31.1 Å². The van der Waals surface area contributed by atoms with E-state index >= 15 is 0 Å². The third kappa shape index (κ3) is 13.0. The number of nitrogens with zero attached hydrogens (tertiary/aromatic N) is 1. The molecule has 0 spiro atoms. The first-order valence-corrected chi connectivity index (χ1v) is 13.2. The molecule has 1 heterocycles. The SMILES string of the molecule is CC(C=O)CCCCNC(=O)OCCCOCCNC(=O)CC(=O)Nc1ccc(CC(=O)N2CCC2=O)cc1. The average molecular weight is 547 g/mol. The quantitative estimate of drug-likeness (QED) is 0.108.